The van der Waals surface area contributed by atoms with E-state index in [2.05, 4.69) is 10.2 Å². The zero-order chi connectivity index (χ0) is 14.0. The maximum Gasteiger partial charge on any atom is 0.167 e. The minimum absolute atomic E-state index is 0.0489. The first-order valence-electron chi connectivity index (χ1n) is 6.01. The van der Waals surface area contributed by atoms with Crippen molar-refractivity contribution in [1.29, 1.82) is 0 Å². The van der Waals surface area contributed by atoms with E-state index in [-0.39, 0.29) is 23.9 Å². The monoisotopic (exact) mass is 267 g/mol. The minimum atomic E-state index is -0.566. The highest BCUT2D eigenvalue weighted by Gasteiger charge is 2.17. The molecule has 1 N–H and O–H groups in total. The van der Waals surface area contributed by atoms with E-state index < -0.39 is 11.6 Å². The average Bonchev–Trinajstić information content (AvgIpc) is 2.74. The number of aliphatic hydroxyl groups is 1. The van der Waals surface area contributed by atoms with Crippen LogP contribution in [0.1, 0.15) is 19.7 Å². The van der Waals surface area contributed by atoms with Crippen LogP contribution in [0.25, 0.3) is 11.4 Å². The number of hydrogen-bond acceptors (Lipinski definition) is 3. The lowest BCUT2D eigenvalue weighted by atomic mass is 10.1. The van der Waals surface area contributed by atoms with Gasteiger partial charge in [0.05, 0.1) is 5.56 Å². The van der Waals surface area contributed by atoms with Gasteiger partial charge in [-0.1, -0.05) is 13.8 Å². The molecule has 102 valence electrons. The molecule has 0 radical (unpaired) electrons. The summed E-state index contributed by atoms with van der Waals surface area (Å²) in [6, 6.07) is 3.18. The summed E-state index contributed by atoms with van der Waals surface area (Å²) >= 11 is 0. The summed E-state index contributed by atoms with van der Waals surface area (Å²) < 4.78 is 28.6. The topological polar surface area (TPSA) is 50.9 Å². The van der Waals surface area contributed by atoms with Gasteiger partial charge in [-0.15, -0.1) is 10.2 Å². The van der Waals surface area contributed by atoms with Gasteiger partial charge < -0.3 is 9.67 Å². The van der Waals surface area contributed by atoms with Crippen molar-refractivity contribution in [1.82, 2.24) is 14.8 Å². The number of aliphatic hydroxyl groups excluding tert-OH is 1. The van der Waals surface area contributed by atoms with Gasteiger partial charge in [0.2, 0.25) is 0 Å². The van der Waals surface area contributed by atoms with Crippen LogP contribution in [0.4, 0.5) is 8.78 Å². The van der Waals surface area contributed by atoms with Gasteiger partial charge in [0, 0.05) is 6.54 Å². The third kappa shape index (κ3) is 2.78. The van der Waals surface area contributed by atoms with E-state index >= 15 is 0 Å². The summed E-state index contributed by atoms with van der Waals surface area (Å²) in [6.45, 7) is 4.19. The predicted octanol–water partition coefficient (Wildman–Crippen LogP) is 2.37. The molecular weight excluding hydrogens is 252 g/mol. The number of hydrogen-bond donors (Lipinski definition) is 1. The third-order valence-corrected chi connectivity index (χ3v) is 2.69. The second-order valence-electron chi connectivity index (χ2n) is 4.73. The Kier molecular flexibility index (Phi) is 3.90. The zero-order valence-corrected chi connectivity index (χ0v) is 10.8. The third-order valence-electron chi connectivity index (χ3n) is 2.69. The van der Waals surface area contributed by atoms with Crippen LogP contribution in [0.15, 0.2) is 18.2 Å². The number of rotatable bonds is 4. The van der Waals surface area contributed by atoms with E-state index in [4.69, 9.17) is 0 Å². The van der Waals surface area contributed by atoms with Crippen molar-refractivity contribution < 1.29 is 13.9 Å². The molecule has 1 heterocycles. The Bertz CT molecular complexity index is 581. The molecule has 0 fully saturated rings. The SMILES string of the molecule is CC(C)Cn1c(CO)nnc1-c1cc(F)ccc1F. The first-order chi connectivity index (χ1) is 9.02. The average molecular weight is 267 g/mol. The van der Waals surface area contributed by atoms with Gasteiger partial charge in [0.1, 0.15) is 18.2 Å². The highest BCUT2D eigenvalue weighted by atomic mass is 19.1. The molecule has 0 unspecified atom stereocenters. The number of benzene rings is 1. The quantitative estimate of drug-likeness (QED) is 0.925. The molecule has 6 heteroatoms. The van der Waals surface area contributed by atoms with E-state index in [1.807, 2.05) is 13.8 Å². The molecule has 4 nitrogen and oxygen atoms in total. The van der Waals surface area contributed by atoms with Crippen LogP contribution in [-0.4, -0.2) is 19.9 Å². The Morgan fingerprint density at radius 2 is 2.00 bits per heavy atom. The predicted molar refractivity (Wildman–Crippen MR) is 66.1 cm³/mol. The van der Waals surface area contributed by atoms with E-state index in [0.717, 1.165) is 18.2 Å². The molecule has 0 spiro atoms. The fourth-order valence-corrected chi connectivity index (χ4v) is 1.88. The van der Waals surface area contributed by atoms with Crippen molar-refractivity contribution in [2.75, 3.05) is 0 Å². The van der Waals surface area contributed by atoms with Crippen LogP contribution in [-0.2, 0) is 13.2 Å². The van der Waals surface area contributed by atoms with Gasteiger partial charge in [0.25, 0.3) is 0 Å². The van der Waals surface area contributed by atoms with E-state index in [1.165, 1.54) is 0 Å². The largest absolute Gasteiger partial charge is 0.388 e. The summed E-state index contributed by atoms with van der Waals surface area (Å²) in [7, 11) is 0. The minimum Gasteiger partial charge on any atom is -0.388 e. The first kappa shape index (κ1) is 13.6. The highest BCUT2D eigenvalue weighted by Crippen LogP contribution is 2.23. The molecule has 2 rings (SSSR count). The van der Waals surface area contributed by atoms with Crippen LogP contribution in [0.3, 0.4) is 0 Å². The molecule has 2 aromatic rings. The molecule has 0 aliphatic heterocycles. The normalized spacial score (nSPS) is 11.3. The van der Waals surface area contributed by atoms with Crippen LogP contribution in [0.5, 0.6) is 0 Å². The molecule has 0 saturated carbocycles. The van der Waals surface area contributed by atoms with E-state index in [9.17, 15) is 13.9 Å². The molecular formula is C13H15F2N3O. The molecule has 0 saturated heterocycles. The van der Waals surface area contributed by atoms with E-state index in [1.54, 1.807) is 4.57 Å². The Balaban J connectivity index is 2.55. The Labute approximate surface area is 109 Å². The lowest BCUT2D eigenvalue weighted by molar-refractivity contribution is 0.262. The Hall–Kier alpha value is -1.82. The summed E-state index contributed by atoms with van der Waals surface area (Å²) in [5, 5.41) is 16.9. The molecule has 0 bridgehead atoms. The van der Waals surface area contributed by atoms with E-state index in [0.29, 0.717) is 12.4 Å². The second kappa shape index (κ2) is 5.44. The van der Waals surface area contributed by atoms with Crippen molar-refractivity contribution in [2.24, 2.45) is 5.92 Å². The molecule has 0 atom stereocenters. The smallest absolute Gasteiger partial charge is 0.167 e. The molecule has 1 aromatic carbocycles. The molecule has 1 aromatic heterocycles. The van der Waals surface area contributed by atoms with Gasteiger partial charge in [0.15, 0.2) is 11.6 Å². The lowest BCUT2D eigenvalue weighted by Crippen LogP contribution is -2.10. The van der Waals surface area contributed by atoms with Crippen molar-refractivity contribution in [3.8, 4) is 11.4 Å². The van der Waals surface area contributed by atoms with Crippen LogP contribution in [0, 0.1) is 17.6 Å². The van der Waals surface area contributed by atoms with Crippen LogP contribution >= 0.6 is 0 Å². The fraction of sp³-hybridized carbons (Fsp3) is 0.385. The fourth-order valence-electron chi connectivity index (χ4n) is 1.88. The Morgan fingerprint density at radius 3 is 2.63 bits per heavy atom. The molecule has 19 heavy (non-hydrogen) atoms. The molecule has 0 aliphatic carbocycles. The summed E-state index contributed by atoms with van der Waals surface area (Å²) in [5.74, 6) is -0.275. The van der Waals surface area contributed by atoms with Crippen molar-refractivity contribution in [2.45, 2.75) is 27.0 Å². The van der Waals surface area contributed by atoms with Crippen molar-refractivity contribution in [3.63, 3.8) is 0 Å². The van der Waals surface area contributed by atoms with Gasteiger partial charge in [-0.05, 0) is 24.1 Å². The summed E-state index contributed by atoms with van der Waals surface area (Å²) in [5.41, 5.74) is 0.0489. The summed E-state index contributed by atoms with van der Waals surface area (Å²) in [4.78, 5) is 0. The van der Waals surface area contributed by atoms with Gasteiger partial charge in [-0.2, -0.15) is 0 Å². The maximum absolute atomic E-state index is 13.8. The number of aromatic nitrogens is 3. The van der Waals surface area contributed by atoms with Crippen LogP contribution < -0.4 is 0 Å². The zero-order valence-electron chi connectivity index (χ0n) is 10.8. The van der Waals surface area contributed by atoms with Gasteiger partial charge in [-0.3, -0.25) is 0 Å². The van der Waals surface area contributed by atoms with Crippen LogP contribution in [0.2, 0.25) is 0 Å². The lowest BCUT2D eigenvalue weighted by Gasteiger charge is -2.12. The van der Waals surface area contributed by atoms with Crippen molar-refractivity contribution >= 4 is 0 Å². The first-order valence-corrected chi connectivity index (χ1v) is 6.01. The molecule has 0 aliphatic rings. The standard InChI is InChI=1S/C13H15F2N3O/c1-8(2)6-18-12(7-19)16-17-13(18)10-5-9(14)3-4-11(10)15/h3-5,8,19H,6-7H2,1-2H3. The number of halogens is 2. The summed E-state index contributed by atoms with van der Waals surface area (Å²) in [6.07, 6.45) is 0. The van der Waals surface area contributed by atoms with Gasteiger partial charge in [-0.25, -0.2) is 8.78 Å². The second-order valence-corrected chi connectivity index (χ2v) is 4.73. The Morgan fingerprint density at radius 1 is 1.26 bits per heavy atom. The highest BCUT2D eigenvalue weighted by molar-refractivity contribution is 5.56. The maximum atomic E-state index is 13.8. The molecule has 0 amide bonds. The van der Waals surface area contributed by atoms with Crippen molar-refractivity contribution in [3.05, 3.63) is 35.7 Å². The van der Waals surface area contributed by atoms with Gasteiger partial charge >= 0.3 is 0 Å². The number of nitrogens with zero attached hydrogens (tertiary/aromatic N) is 3.